The van der Waals surface area contributed by atoms with Crippen molar-refractivity contribution < 1.29 is 34.2 Å². The molecular weight excluding hydrogens is 737 g/mol. The summed E-state index contributed by atoms with van der Waals surface area (Å²) in [4.78, 5) is 66.3. The van der Waals surface area contributed by atoms with Crippen LogP contribution in [0.25, 0.3) is 0 Å². The molecule has 0 saturated carbocycles. The Morgan fingerprint density at radius 2 is 0.966 bits per heavy atom. The van der Waals surface area contributed by atoms with Gasteiger partial charge in [-0.1, -0.05) is 123 Å². The third kappa shape index (κ3) is 25.6. The van der Waals surface area contributed by atoms with Crippen LogP contribution in [0.1, 0.15) is 174 Å². The Morgan fingerprint density at radius 1 is 0.552 bits per heavy atom. The van der Waals surface area contributed by atoms with Crippen LogP contribution in [0.15, 0.2) is 24.3 Å². The van der Waals surface area contributed by atoms with E-state index in [-0.39, 0.29) is 36.8 Å². The minimum Gasteiger partial charge on any atom is -0.508 e. The molecule has 0 aliphatic carbocycles. The SMILES string of the molecule is CCCCCCCCCCCCCCCCCC(=O)N[C@@H](CCCCN)C(=O)N[C@@H](CCCCN)C(=O)N[C@@H](Cc1ccc(O)cc1)C(=O)N[C@@H](CC(C)C)C(=O)O. The molecule has 0 aliphatic rings. The van der Waals surface area contributed by atoms with Gasteiger partial charge in [0, 0.05) is 12.8 Å². The largest absolute Gasteiger partial charge is 0.508 e. The van der Waals surface area contributed by atoms with Crippen molar-refractivity contribution in [2.45, 2.75) is 199 Å². The number of nitrogens with two attached hydrogens (primary N) is 2. The van der Waals surface area contributed by atoms with Gasteiger partial charge in [-0.25, -0.2) is 4.79 Å². The molecule has 0 unspecified atom stereocenters. The number of nitrogens with one attached hydrogen (secondary N) is 4. The van der Waals surface area contributed by atoms with Gasteiger partial charge in [-0.05, 0) is 88.1 Å². The molecule has 0 saturated heterocycles. The molecule has 0 fully saturated rings. The number of carboxylic acids is 1. The predicted molar refractivity (Wildman–Crippen MR) is 232 cm³/mol. The summed E-state index contributed by atoms with van der Waals surface area (Å²) in [6, 6.07) is 1.86. The van der Waals surface area contributed by atoms with E-state index < -0.39 is 47.9 Å². The van der Waals surface area contributed by atoms with Gasteiger partial charge in [-0.2, -0.15) is 0 Å². The molecule has 0 spiro atoms. The summed E-state index contributed by atoms with van der Waals surface area (Å²) in [5.41, 5.74) is 12.1. The average molecular weight is 817 g/mol. The first-order valence-electron chi connectivity index (χ1n) is 22.5. The number of carboxylic acid groups (broad SMARTS) is 1. The topological polar surface area (TPSA) is 226 Å². The Bertz CT molecular complexity index is 1280. The lowest BCUT2D eigenvalue weighted by atomic mass is 10.0. The van der Waals surface area contributed by atoms with Crippen LogP contribution in [-0.4, -0.2) is 77.1 Å². The number of hydrogen-bond acceptors (Lipinski definition) is 8. The number of amides is 4. The van der Waals surface area contributed by atoms with Gasteiger partial charge < -0.3 is 42.9 Å². The van der Waals surface area contributed by atoms with Crippen LogP contribution < -0.4 is 32.7 Å². The molecule has 10 N–H and O–H groups in total. The van der Waals surface area contributed by atoms with E-state index in [4.69, 9.17) is 11.5 Å². The maximum Gasteiger partial charge on any atom is 0.326 e. The van der Waals surface area contributed by atoms with Gasteiger partial charge in [-0.15, -0.1) is 0 Å². The standard InChI is InChI=1S/C45H80N6O7/c1-4-5-6-7-8-9-10-11-12-13-14-15-16-17-18-25-41(53)48-37(23-19-21-30-46)42(54)49-38(24-20-22-31-47)43(55)50-39(33-35-26-28-36(52)29-27-35)44(56)51-40(45(57)58)32-34(2)3/h26-29,34,37-40,52H,4-25,30-33,46-47H2,1-3H3,(H,48,53)(H,49,54)(H,50,55)(H,51,56)(H,57,58)/t37-,38-,39-,40-/m0/s1. The Kier molecular flexibility index (Phi) is 29.9. The number of aromatic hydroxyl groups is 1. The molecule has 1 aromatic carbocycles. The highest BCUT2D eigenvalue weighted by Crippen LogP contribution is 2.16. The third-order valence-electron chi connectivity index (χ3n) is 10.5. The lowest BCUT2D eigenvalue weighted by Crippen LogP contribution is -2.58. The third-order valence-corrected chi connectivity index (χ3v) is 10.5. The van der Waals surface area contributed by atoms with Gasteiger partial charge in [0.15, 0.2) is 0 Å². The minimum atomic E-state index is -1.19. The quantitative estimate of drug-likeness (QED) is 0.0345. The van der Waals surface area contributed by atoms with Crippen molar-refractivity contribution in [2.24, 2.45) is 17.4 Å². The summed E-state index contributed by atoms with van der Waals surface area (Å²) >= 11 is 0. The van der Waals surface area contributed by atoms with Crippen LogP contribution in [0, 0.1) is 5.92 Å². The highest BCUT2D eigenvalue weighted by Gasteiger charge is 2.31. The molecule has 0 radical (unpaired) electrons. The number of aliphatic carboxylic acids is 1. The lowest BCUT2D eigenvalue weighted by molar-refractivity contribution is -0.142. The van der Waals surface area contributed by atoms with E-state index in [1.165, 1.54) is 82.8 Å². The molecule has 332 valence electrons. The Balaban J connectivity index is 2.85. The number of carbonyl (C=O) groups excluding carboxylic acids is 4. The number of hydrogen-bond donors (Lipinski definition) is 8. The molecule has 0 aliphatic heterocycles. The van der Waals surface area contributed by atoms with E-state index in [1.54, 1.807) is 12.1 Å². The van der Waals surface area contributed by atoms with Crippen LogP contribution in [0.4, 0.5) is 0 Å². The number of rotatable bonds is 36. The molecular formula is C45H80N6O7. The zero-order valence-electron chi connectivity index (χ0n) is 36.2. The van der Waals surface area contributed by atoms with Crippen molar-refractivity contribution in [3.8, 4) is 5.75 Å². The van der Waals surface area contributed by atoms with Gasteiger partial charge >= 0.3 is 5.97 Å². The predicted octanol–water partition coefficient (Wildman–Crippen LogP) is 6.52. The summed E-state index contributed by atoms with van der Waals surface area (Å²) in [6.07, 6.45) is 21.9. The number of unbranched alkanes of at least 4 members (excludes halogenated alkanes) is 16. The lowest BCUT2D eigenvalue weighted by Gasteiger charge is -2.26. The number of phenols is 1. The van der Waals surface area contributed by atoms with E-state index in [2.05, 4.69) is 28.2 Å². The molecule has 13 nitrogen and oxygen atoms in total. The van der Waals surface area contributed by atoms with Gasteiger partial charge in [0.05, 0.1) is 0 Å². The van der Waals surface area contributed by atoms with Crippen molar-refractivity contribution in [3.05, 3.63) is 29.8 Å². The molecule has 4 atom stereocenters. The van der Waals surface area contributed by atoms with E-state index in [0.717, 1.165) is 25.7 Å². The van der Waals surface area contributed by atoms with Crippen LogP contribution in [-0.2, 0) is 30.4 Å². The molecule has 1 aromatic rings. The van der Waals surface area contributed by atoms with E-state index >= 15 is 0 Å². The first-order chi connectivity index (χ1) is 27.9. The molecule has 4 amide bonds. The van der Waals surface area contributed by atoms with Gasteiger partial charge in [0.2, 0.25) is 23.6 Å². The number of phenolic OH excluding ortho intramolecular Hbond substituents is 1. The first kappa shape index (κ1) is 52.3. The van der Waals surface area contributed by atoms with Gasteiger partial charge in [0.25, 0.3) is 0 Å². The Hall–Kier alpha value is -3.71. The highest BCUT2D eigenvalue weighted by atomic mass is 16.4. The molecule has 0 aromatic heterocycles. The van der Waals surface area contributed by atoms with E-state index in [1.807, 2.05) is 13.8 Å². The molecule has 13 heteroatoms. The maximum atomic E-state index is 13.9. The van der Waals surface area contributed by atoms with Crippen molar-refractivity contribution in [1.29, 1.82) is 0 Å². The zero-order chi connectivity index (χ0) is 43.0. The molecule has 0 bridgehead atoms. The smallest absolute Gasteiger partial charge is 0.326 e. The fraction of sp³-hybridized carbons (Fsp3) is 0.756. The fourth-order valence-corrected chi connectivity index (χ4v) is 7.03. The van der Waals surface area contributed by atoms with E-state index in [9.17, 15) is 34.2 Å². The number of benzene rings is 1. The molecule has 0 heterocycles. The highest BCUT2D eigenvalue weighted by molar-refractivity contribution is 5.95. The summed E-state index contributed by atoms with van der Waals surface area (Å²) in [5.74, 6) is -3.20. The summed E-state index contributed by atoms with van der Waals surface area (Å²) in [5, 5.41) is 30.6. The maximum absolute atomic E-state index is 13.9. The summed E-state index contributed by atoms with van der Waals surface area (Å²) in [7, 11) is 0. The fourth-order valence-electron chi connectivity index (χ4n) is 7.03. The monoisotopic (exact) mass is 817 g/mol. The molecule has 58 heavy (non-hydrogen) atoms. The van der Waals surface area contributed by atoms with Crippen molar-refractivity contribution >= 4 is 29.6 Å². The first-order valence-corrected chi connectivity index (χ1v) is 22.5. The number of carbonyl (C=O) groups is 5. The molecule has 1 rings (SSSR count). The van der Waals surface area contributed by atoms with Crippen LogP contribution in [0.5, 0.6) is 5.75 Å². The van der Waals surface area contributed by atoms with Crippen molar-refractivity contribution in [3.63, 3.8) is 0 Å². The van der Waals surface area contributed by atoms with Crippen molar-refractivity contribution in [1.82, 2.24) is 21.3 Å². The Morgan fingerprint density at radius 3 is 1.41 bits per heavy atom. The average Bonchev–Trinajstić information content (AvgIpc) is 3.18. The second kappa shape index (κ2) is 33.2. The van der Waals surface area contributed by atoms with E-state index in [0.29, 0.717) is 57.2 Å². The Labute approximate surface area is 349 Å². The zero-order valence-corrected chi connectivity index (χ0v) is 36.2. The second-order valence-corrected chi connectivity index (χ2v) is 16.4. The van der Waals surface area contributed by atoms with Gasteiger partial charge in [0.1, 0.15) is 29.9 Å². The van der Waals surface area contributed by atoms with Crippen LogP contribution in [0.3, 0.4) is 0 Å². The van der Waals surface area contributed by atoms with Crippen LogP contribution in [0.2, 0.25) is 0 Å². The summed E-state index contributed by atoms with van der Waals surface area (Å²) < 4.78 is 0. The van der Waals surface area contributed by atoms with Gasteiger partial charge in [-0.3, -0.25) is 19.2 Å². The van der Waals surface area contributed by atoms with Crippen LogP contribution >= 0.6 is 0 Å². The summed E-state index contributed by atoms with van der Waals surface area (Å²) in [6.45, 7) is 6.77. The van der Waals surface area contributed by atoms with Crippen molar-refractivity contribution in [2.75, 3.05) is 13.1 Å². The normalized spacial score (nSPS) is 13.3. The second-order valence-electron chi connectivity index (χ2n) is 16.4. The minimum absolute atomic E-state index is 0.00637.